The van der Waals surface area contributed by atoms with Gasteiger partial charge in [-0.05, 0) is 25.5 Å². The van der Waals surface area contributed by atoms with Crippen molar-refractivity contribution in [2.45, 2.75) is 26.8 Å². The Morgan fingerprint density at radius 2 is 1.96 bits per heavy atom. The van der Waals surface area contributed by atoms with Crippen LogP contribution in [-0.2, 0) is 6.54 Å². The molecule has 0 bridgehead atoms. The van der Waals surface area contributed by atoms with Gasteiger partial charge in [-0.3, -0.25) is 14.2 Å². The summed E-state index contributed by atoms with van der Waals surface area (Å²) in [7, 11) is 0. The summed E-state index contributed by atoms with van der Waals surface area (Å²) in [5, 5.41) is 6.31. The van der Waals surface area contributed by atoms with E-state index in [1.165, 1.54) is 24.3 Å². The topological polar surface area (TPSA) is 86.0 Å². The van der Waals surface area contributed by atoms with E-state index in [0.29, 0.717) is 13.0 Å². The summed E-state index contributed by atoms with van der Waals surface area (Å²) in [6.07, 6.45) is 0.681. The number of para-hydroxylation sites is 1. The molecule has 1 heterocycles. The van der Waals surface area contributed by atoms with Crippen LogP contribution in [-0.4, -0.2) is 26.8 Å². The van der Waals surface area contributed by atoms with Crippen molar-refractivity contribution in [2.75, 3.05) is 6.54 Å². The number of benzene rings is 1. The quantitative estimate of drug-likeness (QED) is 0.878. The fraction of sp³-hybridized carbons (Fsp3) is 0.333. The Labute approximate surface area is 131 Å². The molecule has 0 aliphatic carbocycles. The number of carbonyl (C=O) groups is 1. The van der Waals surface area contributed by atoms with Crippen LogP contribution in [0.5, 0.6) is 0 Å². The Bertz CT molecular complexity index is 841. The first-order valence-electron chi connectivity index (χ1n) is 7.28. The highest BCUT2D eigenvalue weighted by atomic mass is 19.1. The number of nitrogens with one attached hydrogen (secondary N) is 1. The van der Waals surface area contributed by atoms with E-state index >= 15 is 0 Å². The van der Waals surface area contributed by atoms with Crippen molar-refractivity contribution < 1.29 is 9.18 Å². The molecule has 0 unspecified atom stereocenters. The molecule has 0 spiro atoms. The highest BCUT2D eigenvalue weighted by Crippen LogP contribution is 2.08. The molecule has 0 saturated carbocycles. The van der Waals surface area contributed by atoms with Gasteiger partial charge in [0, 0.05) is 13.1 Å². The summed E-state index contributed by atoms with van der Waals surface area (Å²) in [5.41, 5.74) is -2.15. The average Bonchev–Trinajstić information content (AvgIpc) is 2.54. The molecule has 1 aromatic carbocycles. The third-order valence-electron chi connectivity index (χ3n) is 3.21. The maximum Gasteiger partial charge on any atom is 0.352 e. The molecule has 1 N–H and O–H groups in total. The van der Waals surface area contributed by atoms with Gasteiger partial charge in [0.15, 0.2) is 0 Å². The van der Waals surface area contributed by atoms with Crippen molar-refractivity contribution >= 4 is 5.91 Å². The molecule has 1 amide bonds. The molecule has 0 radical (unpaired) electrons. The van der Waals surface area contributed by atoms with Crippen LogP contribution < -0.4 is 16.6 Å². The predicted molar refractivity (Wildman–Crippen MR) is 82.4 cm³/mol. The van der Waals surface area contributed by atoms with E-state index in [4.69, 9.17) is 0 Å². The standard InChI is InChI=1S/C15H17FN4O3/c1-3-9-17-13(21)12-14(22)19(4-2)15(23)20(18-12)11-8-6-5-7-10(11)16/h5-8H,3-4,9H2,1-2H3,(H,17,21). The Kier molecular flexibility index (Phi) is 5.05. The number of carbonyl (C=O) groups excluding carboxylic acids is 1. The van der Waals surface area contributed by atoms with Crippen LogP contribution in [0, 0.1) is 5.82 Å². The average molecular weight is 320 g/mol. The van der Waals surface area contributed by atoms with Crippen LogP contribution in [0.4, 0.5) is 4.39 Å². The Hall–Kier alpha value is -2.77. The SMILES string of the molecule is CCCNC(=O)c1nn(-c2ccccc2F)c(=O)n(CC)c1=O. The lowest BCUT2D eigenvalue weighted by Crippen LogP contribution is -2.45. The maximum absolute atomic E-state index is 13.9. The zero-order valence-corrected chi connectivity index (χ0v) is 12.9. The van der Waals surface area contributed by atoms with Crippen LogP contribution in [0.25, 0.3) is 5.69 Å². The number of hydrogen-bond donors (Lipinski definition) is 1. The number of nitrogens with zero attached hydrogens (tertiary/aromatic N) is 3. The number of rotatable bonds is 5. The zero-order chi connectivity index (χ0) is 17.0. The summed E-state index contributed by atoms with van der Waals surface area (Å²) in [6.45, 7) is 3.86. The molecule has 0 aliphatic heterocycles. The Morgan fingerprint density at radius 3 is 2.57 bits per heavy atom. The van der Waals surface area contributed by atoms with Crippen molar-refractivity contribution in [3.63, 3.8) is 0 Å². The van der Waals surface area contributed by atoms with Crippen molar-refractivity contribution in [3.8, 4) is 5.69 Å². The van der Waals surface area contributed by atoms with Crippen LogP contribution >= 0.6 is 0 Å². The lowest BCUT2D eigenvalue weighted by atomic mass is 10.3. The molecule has 0 aliphatic rings. The van der Waals surface area contributed by atoms with Gasteiger partial charge in [-0.25, -0.2) is 9.18 Å². The first-order chi connectivity index (χ1) is 11.0. The minimum atomic E-state index is -0.797. The highest BCUT2D eigenvalue weighted by Gasteiger charge is 2.20. The second-order valence-electron chi connectivity index (χ2n) is 4.80. The minimum Gasteiger partial charge on any atom is -0.350 e. The molecule has 8 heteroatoms. The summed E-state index contributed by atoms with van der Waals surface area (Å²) in [6, 6.07) is 5.52. The van der Waals surface area contributed by atoms with E-state index in [1.54, 1.807) is 6.92 Å². The molecule has 0 saturated heterocycles. The van der Waals surface area contributed by atoms with Crippen LogP contribution in [0.15, 0.2) is 33.9 Å². The third kappa shape index (κ3) is 3.20. The van der Waals surface area contributed by atoms with Crippen molar-refractivity contribution in [1.82, 2.24) is 19.7 Å². The lowest BCUT2D eigenvalue weighted by Gasteiger charge is -2.11. The second-order valence-corrected chi connectivity index (χ2v) is 4.80. The van der Waals surface area contributed by atoms with Gasteiger partial charge >= 0.3 is 5.69 Å². The predicted octanol–water partition coefficient (Wildman–Crippen LogP) is 0.693. The van der Waals surface area contributed by atoms with Crippen molar-refractivity contribution in [3.05, 3.63) is 56.6 Å². The smallest absolute Gasteiger partial charge is 0.350 e. The van der Waals surface area contributed by atoms with Gasteiger partial charge in [-0.1, -0.05) is 19.1 Å². The van der Waals surface area contributed by atoms with Gasteiger partial charge in [-0.2, -0.15) is 9.78 Å². The first-order valence-corrected chi connectivity index (χ1v) is 7.28. The molecule has 122 valence electrons. The van der Waals surface area contributed by atoms with Crippen molar-refractivity contribution in [2.24, 2.45) is 0 Å². The summed E-state index contributed by atoms with van der Waals surface area (Å²) in [4.78, 5) is 36.6. The van der Waals surface area contributed by atoms with Gasteiger partial charge in [-0.15, -0.1) is 0 Å². The molecule has 0 atom stereocenters. The fourth-order valence-electron chi connectivity index (χ4n) is 2.04. The summed E-state index contributed by atoms with van der Waals surface area (Å²) >= 11 is 0. The van der Waals surface area contributed by atoms with Crippen LogP contribution in [0.1, 0.15) is 30.8 Å². The van der Waals surface area contributed by atoms with Gasteiger partial charge in [0.05, 0.1) is 0 Å². The highest BCUT2D eigenvalue weighted by molar-refractivity contribution is 5.91. The van der Waals surface area contributed by atoms with Crippen LogP contribution in [0.2, 0.25) is 0 Å². The molecule has 0 fully saturated rings. The molecule has 1 aromatic heterocycles. The van der Waals surface area contributed by atoms with E-state index in [-0.39, 0.29) is 12.2 Å². The Morgan fingerprint density at radius 1 is 1.26 bits per heavy atom. The van der Waals surface area contributed by atoms with E-state index in [1.807, 2.05) is 6.92 Å². The van der Waals surface area contributed by atoms with Crippen molar-refractivity contribution in [1.29, 1.82) is 0 Å². The van der Waals surface area contributed by atoms with E-state index in [2.05, 4.69) is 10.4 Å². The number of amides is 1. The fourth-order valence-corrected chi connectivity index (χ4v) is 2.04. The minimum absolute atomic E-state index is 0.0443. The normalized spacial score (nSPS) is 10.6. The number of aromatic nitrogens is 3. The molecule has 7 nitrogen and oxygen atoms in total. The summed E-state index contributed by atoms with van der Waals surface area (Å²) < 4.78 is 15.5. The van der Waals surface area contributed by atoms with E-state index < -0.39 is 28.7 Å². The number of halogens is 1. The molecular formula is C15H17FN4O3. The number of hydrogen-bond acceptors (Lipinski definition) is 4. The molecule has 2 aromatic rings. The second kappa shape index (κ2) is 6.99. The summed E-state index contributed by atoms with van der Waals surface area (Å²) in [5.74, 6) is -1.37. The molecular weight excluding hydrogens is 303 g/mol. The monoisotopic (exact) mass is 320 g/mol. The van der Waals surface area contributed by atoms with Gasteiger partial charge in [0.2, 0.25) is 5.69 Å². The Balaban J connectivity index is 2.69. The van der Waals surface area contributed by atoms with E-state index in [0.717, 1.165) is 9.25 Å². The molecule has 2 rings (SSSR count). The molecule has 23 heavy (non-hydrogen) atoms. The van der Waals surface area contributed by atoms with E-state index in [9.17, 15) is 18.8 Å². The van der Waals surface area contributed by atoms with Crippen LogP contribution in [0.3, 0.4) is 0 Å². The zero-order valence-electron chi connectivity index (χ0n) is 12.9. The maximum atomic E-state index is 13.9. The first kappa shape index (κ1) is 16.6. The lowest BCUT2D eigenvalue weighted by molar-refractivity contribution is 0.0943. The largest absolute Gasteiger partial charge is 0.352 e. The van der Waals surface area contributed by atoms with Gasteiger partial charge < -0.3 is 5.32 Å². The third-order valence-corrected chi connectivity index (χ3v) is 3.21. The van der Waals surface area contributed by atoms with Gasteiger partial charge in [0.25, 0.3) is 11.5 Å². The van der Waals surface area contributed by atoms with Gasteiger partial charge in [0.1, 0.15) is 11.5 Å².